The van der Waals surface area contributed by atoms with Gasteiger partial charge in [-0.15, -0.1) is 0 Å². The van der Waals surface area contributed by atoms with Gasteiger partial charge in [-0.1, -0.05) is 54.6 Å². The number of benzene rings is 2. The van der Waals surface area contributed by atoms with Crippen LogP contribution < -0.4 is 0 Å². The van der Waals surface area contributed by atoms with E-state index < -0.39 is 0 Å². The minimum Gasteiger partial charge on any atom is -0.392 e. The number of aryl methyl sites for hydroxylation is 2. The summed E-state index contributed by atoms with van der Waals surface area (Å²) in [7, 11) is 0. The van der Waals surface area contributed by atoms with Crippen LogP contribution in [0.1, 0.15) is 41.9 Å². The van der Waals surface area contributed by atoms with Crippen molar-refractivity contribution in [3.63, 3.8) is 0 Å². The highest BCUT2D eigenvalue weighted by molar-refractivity contribution is 5.33. The largest absolute Gasteiger partial charge is 0.392 e. The highest BCUT2D eigenvalue weighted by Crippen LogP contribution is 2.35. The molecule has 2 aromatic rings. The van der Waals surface area contributed by atoms with Gasteiger partial charge in [0.05, 0.1) is 6.10 Å². The second-order valence-electron chi connectivity index (χ2n) is 5.79. The molecule has 1 heteroatoms. The third-order valence-corrected chi connectivity index (χ3v) is 4.45. The molecule has 1 aliphatic rings. The van der Waals surface area contributed by atoms with Gasteiger partial charge in [-0.3, -0.25) is 0 Å². The Hall–Kier alpha value is -1.60. The van der Waals surface area contributed by atoms with E-state index in [-0.39, 0.29) is 6.10 Å². The van der Waals surface area contributed by atoms with E-state index in [1.54, 1.807) is 0 Å². The lowest BCUT2D eigenvalue weighted by molar-refractivity contribution is 0.125. The molecular weight excluding hydrogens is 244 g/mol. The van der Waals surface area contributed by atoms with Gasteiger partial charge < -0.3 is 5.11 Å². The van der Waals surface area contributed by atoms with Crippen LogP contribution in [-0.4, -0.2) is 11.2 Å². The van der Waals surface area contributed by atoms with Crippen LogP contribution in [0.5, 0.6) is 0 Å². The fraction of sp³-hybridized carbons (Fsp3) is 0.368. The summed E-state index contributed by atoms with van der Waals surface area (Å²) in [6.07, 6.45) is 5.07. The van der Waals surface area contributed by atoms with Crippen LogP contribution in [0.2, 0.25) is 0 Å². The van der Waals surface area contributed by atoms with E-state index in [2.05, 4.69) is 48.5 Å². The minimum absolute atomic E-state index is 0.225. The molecule has 0 saturated carbocycles. The quantitative estimate of drug-likeness (QED) is 0.883. The van der Waals surface area contributed by atoms with Gasteiger partial charge in [-0.2, -0.15) is 0 Å². The maximum Gasteiger partial charge on any atom is 0.0612 e. The van der Waals surface area contributed by atoms with Gasteiger partial charge in [0, 0.05) is 5.92 Å². The van der Waals surface area contributed by atoms with Crippen molar-refractivity contribution in [1.82, 2.24) is 0 Å². The molecule has 3 rings (SSSR count). The number of rotatable bonds is 4. The van der Waals surface area contributed by atoms with E-state index in [1.165, 1.54) is 23.1 Å². The van der Waals surface area contributed by atoms with Gasteiger partial charge in [-0.05, 0) is 48.8 Å². The third kappa shape index (κ3) is 2.94. The van der Waals surface area contributed by atoms with E-state index in [0.717, 1.165) is 25.7 Å². The Bertz CT molecular complexity index is 547. The Morgan fingerprint density at radius 3 is 2.60 bits per heavy atom. The molecule has 0 spiro atoms. The molecule has 1 aliphatic carbocycles. The van der Waals surface area contributed by atoms with Crippen LogP contribution in [0.25, 0.3) is 0 Å². The van der Waals surface area contributed by atoms with E-state index in [0.29, 0.717) is 5.92 Å². The maximum absolute atomic E-state index is 10.6. The number of aliphatic hydroxyl groups is 1. The molecule has 0 radical (unpaired) electrons. The molecule has 0 heterocycles. The second kappa shape index (κ2) is 6.23. The first-order chi connectivity index (χ1) is 9.84. The first kappa shape index (κ1) is 13.4. The molecule has 2 aromatic carbocycles. The smallest absolute Gasteiger partial charge is 0.0612 e. The summed E-state index contributed by atoms with van der Waals surface area (Å²) in [6, 6.07) is 19.1. The highest BCUT2D eigenvalue weighted by atomic mass is 16.3. The second-order valence-corrected chi connectivity index (χ2v) is 5.79. The molecular formula is C19H22O. The zero-order chi connectivity index (χ0) is 13.8. The first-order valence-electron chi connectivity index (χ1n) is 7.64. The van der Waals surface area contributed by atoms with Crippen molar-refractivity contribution in [2.75, 3.05) is 0 Å². The predicted molar refractivity (Wildman–Crippen MR) is 82.9 cm³/mol. The molecule has 20 heavy (non-hydrogen) atoms. The van der Waals surface area contributed by atoms with Gasteiger partial charge in [0.1, 0.15) is 0 Å². The SMILES string of the molecule is OC(CCc1ccccc1)C1CCCc2ccccc21. The Morgan fingerprint density at radius 2 is 1.75 bits per heavy atom. The van der Waals surface area contributed by atoms with Crippen molar-refractivity contribution in [2.45, 2.75) is 44.1 Å². The average Bonchev–Trinajstić information content (AvgIpc) is 2.53. The molecule has 1 N–H and O–H groups in total. The Labute approximate surface area is 121 Å². The Balaban J connectivity index is 1.67. The van der Waals surface area contributed by atoms with E-state index >= 15 is 0 Å². The minimum atomic E-state index is -0.225. The summed E-state index contributed by atoms with van der Waals surface area (Å²) in [6.45, 7) is 0. The predicted octanol–water partition coefficient (Wildman–Crippen LogP) is 4.10. The van der Waals surface area contributed by atoms with Crippen molar-refractivity contribution in [1.29, 1.82) is 0 Å². The molecule has 104 valence electrons. The van der Waals surface area contributed by atoms with Crippen LogP contribution in [0.15, 0.2) is 54.6 Å². The van der Waals surface area contributed by atoms with Crippen molar-refractivity contribution < 1.29 is 5.11 Å². The summed E-state index contributed by atoms with van der Waals surface area (Å²) in [5.74, 6) is 0.323. The van der Waals surface area contributed by atoms with Crippen molar-refractivity contribution in [2.24, 2.45) is 0 Å². The van der Waals surface area contributed by atoms with Gasteiger partial charge in [0.15, 0.2) is 0 Å². The lowest BCUT2D eigenvalue weighted by atomic mass is 9.78. The molecule has 0 aliphatic heterocycles. The number of aliphatic hydroxyl groups excluding tert-OH is 1. The average molecular weight is 266 g/mol. The Kier molecular flexibility index (Phi) is 4.17. The fourth-order valence-corrected chi connectivity index (χ4v) is 3.35. The molecule has 0 aromatic heterocycles. The topological polar surface area (TPSA) is 20.2 Å². The zero-order valence-corrected chi connectivity index (χ0v) is 11.8. The van der Waals surface area contributed by atoms with Crippen LogP contribution >= 0.6 is 0 Å². The van der Waals surface area contributed by atoms with Gasteiger partial charge in [0.25, 0.3) is 0 Å². The van der Waals surface area contributed by atoms with Gasteiger partial charge in [0.2, 0.25) is 0 Å². The molecule has 0 amide bonds. The first-order valence-corrected chi connectivity index (χ1v) is 7.64. The number of fused-ring (bicyclic) bond motifs is 1. The van der Waals surface area contributed by atoms with Gasteiger partial charge in [-0.25, -0.2) is 0 Å². The standard InChI is InChI=1S/C19H22O/c20-19(14-13-15-7-2-1-3-8-15)18-12-6-10-16-9-4-5-11-17(16)18/h1-5,7-9,11,18-20H,6,10,12-14H2. The lowest BCUT2D eigenvalue weighted by Gasteiger charge is -2.29. The van der Waals surface area contributed by atoms with E-state index in [4.69, 9.17) is 0 Å². The maximum atomic E-state index is 10.6. The number of hydrogen-bond donors (Lipinski definition) is 1. The third-order valence-electron chi connectivity index (χ3n) is 4.45. The summed E-state index contributed by atoms with van der Waals surface area (Å²) in [4.78, 5) is 0. The fourth-order valence-electron chi connectivity index (χ4n) is 3.35. The van der Waals surface area contributed by atoms with E-state index in [9.17, 15) is 5.11 Å². The molecule has 2 atom stereocenters. The monoisotopic (exact) mass is 266 g/mol. The summed E-state index contributed by atoms with van der Waals surface area (Å²) < 4.78 is 0. The van der Waals surface area contributed by atoms with Crippen LogP contribution in [0.4, 0.5) is 0 Å². The van der Waals surface area contributed by atoms with E-state index in [1.807, 2.05) is 6.07 Å². The lowest BCUT2D eigenvalue weighted by Crippen LogP contribution is -2.23. The zero-order valence-electron chi connectivity index (χ0n) is 11.8. The number of hydrogen-bond acceptors (Lipinski definition) is 1. The summed E-state index contributed by atoms with van der Waals surface area (Å²) >= 11 is 0. The van der Waals surface area contributed by atoms with Crippen molar-refractivity contribution in [3.05, 3.63) is 71.3 Å². The van der Waals surface area contributed by atoms with Crippen molar-refractivity contribution >= 4 is 0 Å². The van der Waals surface area contributed by atoms with Crippen LogP contribution in [0.3, 0.4) is 0 Å². The van der Waals surface area contributed by atoms with Crippen molar-refractivity contribution in [3.8, 4) is 0 Å². The Morgan fingerprint density at radius 1 is 1.00 bits per heavy atom. The molecule has 0 bridgehead atoms. The molecule has 1 nitrogen and oxygen atoms in total. The summed E-state index contributed by atoms with van der Waals surface area (Å²) in [5, 5.41) is 10.6. The molecule has 0 fully saturated rings. The molecule has 2 unspecified atom stereocenters. The summed E-state index contributed by atoms with van der Waals surface area (Å²) in [5.41, 5.74) is 4.12. The van der Waals surface area contributed by atoms with Crippen LogP contribution in [-0.2, 0) is 12.8 Å². The van der Waals surface area contributed by atoms with Gasteiger partial charge >= 0.3 is 0 Å². The van der Waals surface area contributed by atoms with Crippen LogP contribution in [0, 0.1) is 0 Å². The highest BCUT2D eigenvalue weighted by Gasteiger charge is 2.25. The normalized spacial score (nSPS) is 19.4. The molecule has 0 saturated heterocycles.